The zero-order valence-electron chi connectivity index (χ0n) is 11.4. The van der Waals surface area contributed by atoms with Gasteiger partial charge in [-0.25, -0.2) is 0 Å². The summed E-state index contributed by atoms with van der Waals surface area (Å²) < 4.78 is 7.26. The number of amides is 1. The monoisotopic (exact) mass is 266 g/mol. The molecule has 0 unspecified atom stereocenters. The van der Waals surface area contributed by atoms with Gasteiger partial charge in [-0.15, -0.1) is 0 Å². The molecule has 1 saturated carbocycles. The Bertz CT molecular complexity index is 424. The molecule has 0 saturated heterocycles. The molecule has 1 aliphatic carbocycles. The van der Waals surface area contributed by atoms with E-state index in [1.165, 1.54) is 23.9 Å². The SMILES string of the molecule is Cn1cc(N)c(C(=O)NCCOC2CCCCC2)n1. The number of rotatable bonds is 5. The second-order valence-electron chi connectivity index (χ2n) is 4.99. The van der Waals surface area contributed by atoms with Gasteiger partial charge in [0.2, 0.25) is 0 Å². The quantitative estimate of drug-likeness (QED) is 0.781. The van der Waals surface area contributed by atoms with E-state index in [0.717, 1.165) is 12.8 Å². The number of carbonyl (C=O) groups excluding carboxylic acids is 1. The average Bonchev–Trinajstić information content (AvgIpc) is 2.75. The van der Waals surface area contributed by atoms with Crippen LogP contribution in [0.5, 0.6) is 0 Å². The fourth-order valence-electron chi connectivity index (χ4n) is 2.39. The highest BCUT2D eigenvalue weighted by molar-refractivity contribution is 5.96. The van der Waals surface area contributed by atoms with Gasteiger partial charge in [0.05, 0.1) is 18.4 Å². The van der Waals surface area contributed by atoms with Gasteiger partial charge in [-0.3, -0.25) is 9.48 Å². The Morgan fingerprint density at radius 2 is 2.26 bits per heavy atom. The van der Waals surface area contributed by atoms with Crippen LogP contribution in [-0.2, 0) is 11.8 Å². The highest BCUT2D eigenvalue weighted by atomic mass is 16.5. The second-order valence-corrected chi connectivity index (χ2v) is 4.99. The third kappa shape index (κ3) is 3.96. The van der Waals surface area contributed by atoms with Crippen LogP contribution in [0.1, 0.15) is 42.6 Å². The maximum Gasteiger partial charge on any atom is 0.274 e. The standard InChI is InChI=1S/C13H22N4O2/c1-17-9-11(14)12(16-17)13(18)15-7-8-19-10-5-3-2-4-6-10/h9-10H,2-8,14H2,1H3,(H,15,18). The zero-order chi connectivity index (χ0) is 13.7. The smallest absolute Gasteiger partial charge is 0.274 e. The van der Waals surface area contributed by atoms with E-state index in [2.05, 4.69) is 10.4 Å². The molecule has 1 aromatic rings. The van der Waals surface area contributed by atoms with Crippen LogP contribution < -0.4 is 11.1 Å². The Balaban J connectivity index is 1.67. The molecule has 1 amide bonds. The Labute approximate surface area is 113 Å². The third-order valence-electron chi connectivity index (χ3n) is 3.37. The molecule has 0 aromatic carbocycles. The van der Waals surface area contributed by atoms with Gasteiger partial charge in [0, 0.05) is 19.8 Å². The Morgan fingerprint density at radius 3 is 2.89 bits per heavy atom. The van der Waals surface area contributed by atoms with Crippen LogP contribution in [0.3, 0.4) is 0 Å². The van der Waals surface area contributed by atoms with E-state index < -0.39 is 0 Å². The van der Waals surface area contributed by atoms with Crippen molar-refractivity contribution in [1.82, 2.24) is 15.1 Å². The third-order valence-corrected chi connectivity index (χ3v) is 3.37. The lowest BCUT2D eigenvalue weighted by Gasteiger charge is -2.21. The summed E-state index contributed by atoms with van der Waals surface area (Å²) in [5.41, 5.74) is 6.36. The van der Waals surface area contributed by atoms with Crippen molar-refractivity contribution >= 4 is 11.6 Å². The number of nitrogen functional groups attached to an aromatic ring is 1. The van der Waals surface area contributed by atoms with Crippen LogP contribution >= 0.6 is 0 Å². The summed E-state index contributed by atoms with van der Waals surface area (Å²) in [6.07, 6.45) is 8.08. The number of aryl methyl sites for hydroxylation is 1. The molecule has 1 aliphatic rings. The molecule has 19 heavy (non-hydrogen) atoms. The van der Waals surface area contributed by atoms with Crippen LogP contribution in [0.4, 0.5) is 5.69 Å². The van der Waals surface area contributed by atoms with Crippen molar-refractivity contribution in [2.45, 2.75) is 38.2 Å². The van der Waals surface area contributed by atoms with Gasteiger partial charge in [0.15, 0.2) is 5.69 Å². The summed E-state index contributed by atoms with van der Waals surface area (Å²) in [5.74, 6) is -0.245. The summed E-state index contributed by atoms with van der Waals surface area (Å²) in [7, 11) is 1.74. The molecule has 106 valence electrons. The number of hydrogen-bond acceptors (Lipinski definition) is 4. The molecular weight excluding hydrogens is 244 g/mol. The topological polar surface area (TPSA) is 82.2 Å². The molecule has 1 aromatic heterocycles. The molecule has 0 spiro atoms. The normalized spacial score (nSPS) is 16.5. The van der Waals surface area contributed by atoms with Crippen LogP contribution in [-0.4, -0.2) is 34.9 Å². The maximum absolute atomic E-state index is 11.8. The fraction of sp³-hybridized carbons (Fsp3) is 0.692. The van der Waals surface area contributed by atoms with E-state index in [4.69, 9.17) is 10.5 Å². The second kappa shape index (κ2) is 6.56. The lowest BCUT2D eigenvalue weighted by Crippen LogP contribution is -2.30. The molecule has 0 radical (unpaired) electrons. The summed E-state index contributed by atoms with van der Waals surface area (Å²) in [6, 6.07) is 0. The molecular formula is C13H22N4O2. The number of nitrogens with two attached hydrogens (primary N) is 1. The molecule has 0 aliphatic heterocycles. The predicted molar refractivity (Wildman–Crippen MR) is 72.8 cm³/mol. The number of aromatic nitrogens is 2. The van der Waals surface area contributed by atoms with E-state index >= 15 is 0 Å². The fourth-order valence-corrected chi connectivity index (χ4v) is 2.39. The number of nitrogens with one attached hydrogen (secondary N) is 1. The average molecular weight is 266 g/mol. The number of nitrogens with zero attached hydrogens (tertiary/aromatic N) is 2. The molecule has 1 heterocycles. The number of hydrogen-bond donors (Lipinski definition) is 2. The highest BCUT2D eigenvalue weighted by Crippen LogP contribution is 2.19. The predicted octanol–water partition coefficient (Wildman–Crippen LogP) is 1.08. The molecule has 1 fully saturated rings. The first-order valence-corrected chi connectivity index (χ1v) is 6.85. The number of carbonyl (C=O) groups is 1. The Kier molecular flexibility index (Phi) is 4.79. The van der Waals surface area contributed by atoms with Gasteiger partial charge in [-0.05, 0) is 12.8 Å². The minimum absolute atomic E-state index is 0.245. The largest absolute Gasteiger partial charge is 0.396 e. The van der Waals surface area contributed by atoms with Crippen molar-refractivity contribution in [3.63, 3.8) is 0 Å². The number of anilines is 1. The van der Waals surface area contributed by atoms with Gasteiger partial charge in [0.1, 0.15) is 0 Å². The van der Waals surface area contributed by atoms with Gasteiger partial charge >= 0.3 is 0 Å². The lowest BCUT2D eigenvalue weighted by molar-refractivity contribution is 0.0299. The number of ether oxygens (including phenoxy) is 1. The first-order chi connectivity index (χ1) is 9.16. The van der Waals surface area contributed by atoms with Crippen molar-refractivity contribution in [3.8, 4) is 0 Å². The van der Waals surface area contributed by atoms with Gasteiger partial charge < -0.3 is 15.8 Å². The Morgan fingerprint density at radius 1 is 1.53 bits per heavy atom. The van der Waals surface area contributed by atoms with Crippen LogP contribution in [0.25, 0.3) is 0 Å². The minimum Gasteiger partial charge on any atom is -0.396 e. The van der Waals surface area contributed by atoms with E-state index in [1.54, 1.807) is 13.2 Å². The zero-order valence-corrected chi connectivity index (χ0v) is 11.4. The summed E-state index contributed by atoms with van der Waals surface area (Å²) in [5, 5.41) is 6.79. The summed E-state index contributed by atoms with van der Waals surface area (Å²) in [4.78, 5) is 11.8. The molecule has 3 N–H and O–H groups in total. The van der Waals surface area contributed by atoms with Crippen molar-refractivity contribution in [3.05, 3.63) is 11.9 Å². The molecule has 6 heteroatoms. The van der Waals surface area contributed by atoms with Crippen molar-refractivity contribution in [2.75, 3.05) is 18.9 Å². The summed E-state index contributed by atoms with van der Waals surface area (Å²) >= 11 is 0. The van der Waals surface area contributed by atoms with Crippen LogP contribution in [0, 0.1) is 0 Å². The van der Waals surface area contributed by atoms with Gasteiger partial charge in [0.25, 0.3) is 5.91 Å². The van der Waals surface area contributed by atoms with Crippen LogP contribution in [0.15, 0.2) is 6.20 Å². The van der Waals surface area contributed by atoms with Gasteiger partial charge in [-0.2, -0.15) is 5.10 Å². The first-order valence-electron chi connectivity index (χ1n) is 6.85. The van der Waals surface area contributed by atoms with Crippen molar-refractivity contribution in [2.24, 2.45) is 7.05 Å². The van der Waals surface area contributed by atoms with E-state index in [1.807, 2.05) is 0 Å². The van der Waals surface area contributed by atoms with Crippen LogP contribution in [0.2, 0.25) is 0 Å². The Hall–Kier alpha value is -1.56. The highest BCUT2D eigenvalue weighted by Gasteiger charge is 2.15. The van der Waals surface area contributed by atoms with E-state index in [0.29, 0.717) is 24.9 Å². The van der Waals surface area contributed by atoms with Crippen molar-refractivity contribution in [1.29, 1.82) is 0 Å². The first kappa shape index (κ1) is 13.9. The lowest BCUT2D eigenvalue weighted by atomic mass is 9.98. The maximum atomic E-state index is 11.8. The minimum atomic E-state index is -0.245. The van der Waals surface area contributed by atoms with E-state index in [-0.39, 0.29) is 11.6 Å². The molecule has 0 bridgehead atoms. The summed E-state index contributed by atoms with van der Waals surface area (Å²) in [6.45, 7) is 1.04. The molecule has 0 atom stereocenters. The van der Waals surface area contributed by atoms with Gasteiger partial charge in [-0.1, -0.05) is 19.3 Å². The van der Waals surface area contributed by atoms with Crippen molar-refractivity contribution < 1.29 is 9.53 Å². The molecule has 6 nitrogen and oxygen atoms in total. The molecule has 2 rings (SSSR count). The van der Waals surface area contributed by atoms with E-state index in [9.17, 15) is 4.79 Å².